The van der Waals surface area contributed by atoms with Crippen molar-refractivity contribution in [3.8, 4) is 0 Å². The zero-order valence-corrected chi connectivity index (χ0v) is 9.37. The van der Waals surface area contributed by atoms with Crippen LogP contribution in [0.5, 0.6) is 0 Å². The molecule has 1 amide bonds. The topological polar surface area (TPSA) is 20.3 Å². The van der Waals surface area contributed by atoms with Crippen molar-refractivity contribution in [3.63, 3.8) is 0 Å². The maximum Gasteiger partial charge on any atom is 0.389 e. The van der Waals surface area contributed by atoms with Crippen LogP contribution in [0.4, 0.5) is 13.2 Å². The van der Waals surface area contributed by atoms with Gasteiger partial charge in [-0.05, 0) is 6.42 Å². The van der Waals surface area contributed by atoms with Gasteiger partial charge < -0.3 is 4.90 Å². The fourth-order valence-electron chi connectivity index (χ4n) is 1.14. The molecule has 0 heterocycles. The van der Waals surface area contributed by atoms with Crippen molar-refractivity contribution in [1.29, 1.82) is 0 Å². The lowest BCUT2D eigenvalue weighted by Gasteiger charge is -2.21. The average Bonchev–Trinajstić information content (AvgIpc) is 2.13. The van der Waals surface area contributed by atoms with Gasteiger partial charge in [-0.15, -0.1) is 11.6 Å². The number of rotatable bonds is 6. The van der Waals surface area contributed by atoms with E-state index in [0.29, 0.717) is 19.5 Å². The van der Waals surface area contributed by atoms with Crippen molar-refractivity contribution in [2.45, 2.75) is 32.4 Å². The van der Waals surface area contributed by atoms with E-state index in [9.17, 15) is 18.0 Å². The molecule has 0 unspecified atom stereocenters. The van der Waals surface area contributed by atoms with Gasteiger partial charge in [0.15, 0.2) is 0 Å². The van der Waals surface area contributed by atoms with Gasteiger partial charge in [0.25, 0.3) is 0 Å². The SMILES string of the molecule is CCCN(CCCl)C(=O)CCC(F)(F)F. The molecule has 0 spiro atoms. The third kappa shape index (κ3) is 7.48. The smallest absolute Gasteiger partial charge is 0.342 e. The molecule has 0 saturated heterocycles. The molecule has 15 heavy (non-hydrogen) atoms. The lowest BCUT2D eigenvalue weighted by molar-refractivity contribution is -0.149. The number of carbonyl (C=O) groups is 1. The summed E-state index contributed by atoms with van der Waals surface area (Å²) in [7, 11) is 0. The second-order valence-electron chi connectivity index (χ2n) is 3.18. The second-order valence-corrected chi connectivity index (χ2v) is 3.56. The highest BCUT2D eigenvalue weighted by molar-refractivity contribution is 6.18. The molecule has 0 aromatic carbocycles. The molecule has 0 aliphatic carbocycles. The van der Waals surface area contributed by atoms with Crippen molar-refractivity contribution >= 4 is 17.5 Å². The number of carbonyl (C=O) groups excluding carboxylic acids is 1. The normalized spacial score (nSPS) is 11.5. The van der Waals surface area contributed by atoms with E-state index >= 15 is 0 Å². The lowest BCUT2D eigenvalue weighted by atomic mass is 10.2. The number of amides is 1. The molecular formula is C9H15ClF3NO. The van der Waals surface area contributed by atoms with E-state index in [1.54, 1.807) is 0 Å². The fourth-order valence-corrected chi connectivity index (χ4v) is 1.34. The van der Waals surface area contributed by atoms with Gasteiger partial charge in [-0.2, -0.15) is 13.2 Å². The van der Waals surface area contributed by atoms with Gasteiger partial charge in [-0.25, -0.2) is 0 Å². The van der Waals surface area contributed by atoms with Crippen LogP contribution in [0.3, 0.4) is 0 Å². The summed E-state index contributed by atoms with van der Waals surface area (Å²) in [4.78, 5) is 12.7. The highest BCUT2D eigenvalue weighted by Gasteiger charge is 2.28. The molecule has 0 fully saturated rings. The van der Waals surface area contributed by atoms with Crippen molar-refractivity contribution in [1.82, 2.24) is 4.90 Å². The summed E-state index contributed by atoms with van der Waals surface area (Å²) in [6.07, 6.45) is -5.10. The number of alkyl halides is 4. The van der Waals surface area contributed by atoms with Crippen LogP contribution in [0.1, 0.15) is 26.2 Å². The van der Waals surface area contributed by atoms with Gasteiger partial charge in [0.05, 0.1) is 6.42 Å². The summed E-state index contributed by atoms with van der Waals surface area (Å²) in [6.45, 7) is 2.63. The first-order valence-corrected chi connectivity index (χ1v) is 5.34. The molecule has 0 N–H and O–H groups in total. The van der Waals surface area contributed by atoms with Crippen molar-refractivity contribution < 1.29 is 18.0 Å². The zero-order valence-electron chi connectivity index (χ0n) is 8.61. The molecule has 0 rings (SSSR count). The number of hydrogen-bond donors (Lipinski definition) is 0. The number of halogens is 4. The second kappa shape index (κ2) is 6.93. The molecule has 0 atom stereocenters. The van der Waals surface area contributed by atoms with Gasteiger partial charge in [0.1, 0.15) is 0 Å². The molecule has 0 radical (unpaired) electrons. The average molecular weight is 246 g/mol. The summed E-state index contributed by atoms with van der Waals surface area (Å²) in [5.74, 6) is -0.229. The minimum Gasteiger partial charge on any atom is -0.342 e. The van der Waals surface area contributed by atoms with Crippen LogP contribution in [0.15, 0.2) is 0 Å². The van der Waals surface area contributed by atoms with Gasteiger partial charge in [0, 0.05) is 25.4 Å². The molecule has 0 aliphatic heterocycles. The summed E-state index contributed by atoms with van der Waals surface area (Å²) in [5.41, 5.74) is 0. The van der Waals surface area contributed by atoms with Crippen LogP contribution in [0.2, 0.25) is 0 Å². The number of hydrogen-bond acceptors (Lipinski definition) is 1. The van der Waals surface area contributed by atoms with Gasteiger partial charge in [0.2, 0.25) is 5.91 Å². The van der Waals surface area contributed by atoms with Crippen LogP contribution in [0.25, 0.3) is 0 Å². The van der Waals surface area contributed by atoms with Gasteiger partial charge >= 0.3 is 6.18 Å². The molecule has 6 heteroatoms. The minimum absolute atomic E-state index is 0.248. The Morgan fingerprint density at radius 1 is 1.33 bits per heavy atom. The third-order valence-corrected chi connectivity index (χ3v) is 1.99. The summed E-state index contributed by atoms with van der Waals surface area (Å²) >= 11 is 5.45. The van der Waals surface area contributed by atoms with E-state index in [4.69, 9.17) is 11.6 Å². The molecule has 90 valence electrons. The largest absolute Gasteiger partial charge is 0.389 e. The molecular weight excluding hydrogens is 231 g/mol. The lowest BCUT2D eigenvalue weighted by Crippen LogP contribution is -2.34. The van der Waals surface area contributed by atoms with Gasteiger partial charge in [-0.1, -0.05) is 6.92 Å². The van der Waals surface area contributed by atoms with Crippen LogP contribution in [0, 0.1) is 0 Å². The minimum atomic E-state index is -4.27. The van der Waals surface area contributed by atoms with Crippen molar-refractivity contribution in [3.05, 3.63) is 0 Å². The predicted octanol–water partition coefficient (Wildman–Crippen LogP) is 2.81. The first-order chi connectivity index (χ1) is 6.90. The van der Waals surface area contributed by atoms with Crippen molar-refractivity contribution in [2.75, 3.05) is 19.0 Å². The predicted molar refractivity (Wildman–Crippen MR) is 52.9 cm³/mol. The van der Waals surface area contributed by atoms with Crippen molar-refractivity contribution in [2.24, 2.45) is 0 Å². The Labute approximate surface area is 92.4 Å². The first kappa shape index (κ1) is 14.6. The van der Waals surface area contributed by atoms with Crippen LogP contribution >= 0.6 is 11.6 Å². The fraction of sp³-hybridized carbons (Fsp3) is 0.889. The highest BCUT2D eigenvalue weighted by Crippen LogP contribution is 2.21. The summed E-state index contributed by atoms with van der Waals surface area (Å²) < 4.78 is 35.6. The van der Waals surface area contributed by atoms with E-state index in [1.165, 1.54) is 4.90 Å². The van der Waals surface area contributed by atoms with Crippen LogP contribution in [-0.4, -0.2) is 36.0 Å². The quantitative estimate of drug-likeness (QED) is 0.659. The Hall–Kier alpha value is -0.450. The molecule has 0 aromatic heterocycles. The van der Waals surface area contributed by atoms with Crippen LogP contribution < -0.4 is 0 Å². The monoisotopic (exact) mass is 245 g/mol. The Kier molecular flexibility index (Phi) is 6.72. The maximum atomic E-state index is 11.9. The summed E-state index contributed by atoms with van der Waals surface area (Å²) in [6, 6.07) is 0. The highest BCUT2D eigenvalue weighted by atomic mass is 35.5. The van der Waals surface area contributed by atoms with E-state index < -0.39 is 24.9 Å². The number of nitrogens with zero attached hydrogens (tertiary/aromatic N) is 1. The summed E-state index contributed by atoms with van der Waals surface area (Å²) in [5, 5.41) is 0. The Bertz CT molecular complexity index is 190. The third-order valence-electron chi connectivity index (χ3n) is 1.82. The van der Waals surface area contributed by atoms with Gasteiger partial charge in [-0.3, -0.25) is 4.79 Å². The molecule has 0 saturated carbocycles. The first-order valence-electron chi connectivity index (χ1n) is 4.81. The standard InChI is InChI=1S/C9H15ClF3NO/c1-2-6-14(7-5-10)8(15)3-4-9(11,12)13/h2-7H2,1H3. The molecule has 0 aliphatic rings. The molecule has 0 bridgehead atoms. The maximum absolute atomic E-state index is 11.9. The van der Waals surface area contributed by atoms with Crippen LogP contribution in [-0.2, 0) is 4.79 Å². The van der Waals surface area contributed by atoms with E-state index in [1.807, 2.05) is 6.92 Å². The van der Waals surface area contributed by atoms with E-state index in [-0.39, 0.29) is 5.88 Å². The molecule has 2 nitrogen and oxygen atoms in total. The Morgan fingerprint density at radius 2 is 1.93 bits per heavy atom. The van der Waals surface area contributed by atoms with E-state index in [0.717, 1.165) is 0 Å². The Balaban J connectivity index is 4.02. The molecule has 0 aromatic rings. The Morgan fingerprint density at radius 3 is 2.33 bits per heavy atom. The van der Waals surface area contributed by atoms with E-state index in [2.05, 4.69) is 0 Å². The zero-order chi connectivity index (χ0) is 11.9.